The molecule has 1 unspecified atom stereocenters. The number of nitrogens with zero attached hydrogens (tertiary/aromatic N) is 2. The summed E-state index contributed by atoms with van der Waals surface area (Å²) < 4.78 is 26.5. The van der Waals surface area contributed by atoms with E-state index in [2.05, 4.69) is 10.3 Å². The van der Waals surface area contributed by atoms with Crippen molar-refractivity contribution in [2.24, 2.45) is 10.9 Å². The van der Waals surface area contributed by atoms with Crippen molar-refractivity contribution in [2.45, 2.75) is 6.42 Å². The molecule has 0 radical (unpaired) electrons. The standard InChI is InChI=1S/C14H13F2N3O2S/c15-9-4-10(16)6-11(5-9)19-7-8(3-12(19)20)13(21)18-14-17-1-2-22-14/h4-6,8H,1-3,7H2,(H,17,18,21). The lowest BCUT2D eigenvalue weighted by atomic mass is 10.1. The zero-order chi connectivity index (χ0) is 15.7. The molecule has 1 aromatic carbocycles. The third-order valence-electron chi connectivity index (χ3n) is 3.47. The minimum absolute atomic E-state index is 0.0158. The molecule has 1 aromatic rings. The first-order valence-electron chi connectivity index (χ1n) is 6.77. The molecule has 116 valence electrons. The molecule has 1 N–H and O–H groups in total. The van der Waals surface area contributed by atoms with Gasteiger partial charge in [-0.3, -0.25) is 14.6 Å². The van der Waals surface area contributed by atoms with Gasteiger partial charge in [0.25, 0.3) is 0 Å². The molecule has 0 bridgehead atoms. The van der Waals surface area contributed by atoms with E-state index >= 15 is 0 Å². The molecule has 1 saturated heterocycles. The quantitative estimate of drug-likeness (QED) is 0.897. The molecule has 2 heterocycles. The summed E-state index contributed by atoms with van der Waals surface area (Å²) in [5.74, 6) is -1.86. The van der Waals surface area contributed by atoms with Crippen molar-refractivity contribution in [3.05, 3.63) is 29.8 Å². The first-order chi connectivity index (χ1) is 10.5. The molecular formula is C14H13F2N3O2S. The summed E-state index contributed by atoms with van der Waals surface area (Å²) in [7, 11) is 0. The van der Waals surface area contributed by atoms with Crippen LogP contribution < -0.4 is 10.2 Å². The van der Waals surface area contributed by atoms with Crippen LogP contribution in [-0.4, -0.2) is 35.8 Å². The average Bonchev–Trinajstić information content (AvgIpc) is 3.07. The van der Waals surface area contributed by atoms with Crippen molar-refractivity contribution < 1.29 is 18.4 Å². The Kier molecular flexibility index (Phi) is 4.10. The van der Waals surface area contributed by atoms with Crippen LogP contribution in [0.4, 0.5) is 14.5 Å². The number of benzene rings is 1. The highest BCUT2D eigenvalue weighted by Crippen LogP contribution is 2.27. The lowest BCUT2D eigenvalue weighted by Crippen LogP contribution is -2.35. The number of hydrogen-bond donors (Lipinski definition) is 1. The summed E-state index contributed by atoms with van der Waals surface area (Å²) in [6.07, 6.45) is 0.0158. The summed E-state index contributed by atoms with van der Waals surface area (Å²) in [6.45, 7) is 0.768. The van der Waals surface area contributed by atoms with Gasteiger partial charge in [0.1, 0.15) is 11.6 Å². The molecule has 2 amide bonds. The number of amides is 2. The number of thioether (sulfide) groups is 1. The minimum Gasteiger partial charge on any atom is -0.311 e. The Morgan fingerprint density at radius 3 is 2.68 bits per heavy atom. The molecular weight excluding hydrogens is 312 g/mol. The number of anilines is 1. The van der Waals surface area contributed by atoms with E-state index in [1.54, 1.807) is 0 Å². The Morgan fingerprint density at radius 1 is 1.32 bits per heavy atom. The molecule has 0 aromatic heterocycles. The van der Waals surface area contributed by atoms with Gasteiger partial charge in [-0.15, -0.1) is 0 Å². The Hall–Kier alpha value is -1.96. The highest BCUT2D eigenvalue weighted by Gasteiger charge is 2.36. The fraction of sp³-hybridized carbons (Fsp3) is 0.357. The molecule has 8 heteroatoms. The van der Waals surface area contributed by atoms with Gasteiger partial charge in [-0.1, -0.05) is 11.8 Å². The van der Waals surface area contributed by atoms with Gasteiger partial charge < -0.3 is 10.2 Å². The van der Waals surface area contributed by atoms with Crippen molar-refractivity contribution in [2.75, 3.05) is 23.7 Å². The molecule has 2 aliphatic heterocycles. The van der Waals surface area contributed by atoms with E-state index in [4.69, 9.17) is 0 Å². The summed E-state index contributed by atoms with van der Waals surface area (Å²) in [5.41, 5.74) is 0.130. The summed E-state index contributed by atoms with van der Waals surface area (Å²) in [5, 5.41) is 3.25. The first kappa shape index (κ1) is 15.0. The van der Waals surface area contributed by atoms with E-state index in [9.17, 15) is 18.4 Å². The van der Waals surface area contributed by atoms with Gasteiger partial charge in [-0.2, -0.15) is 0 Å². The van der Waals surface area contributed by atoms with E-state index < -0.39 is 17.6 Å². The lowest BCUT2D eigenvalue weighted by Gasteiger charge is -2.17. The first-order valence-corrected chi connectivity index (χ1v) is 7.76. The Balaban J connectivity index is 1.71. The average molecular weight is 325 g/mol. The molecule has 2 aliphatic rings. The number of hydrogen-bond acceptors (Lipinski definition) is 4. The van der Waals surface area contributed by atoms with Gasteiger partial charge in [0.05, 0.1) is 12.5 Å². The van der Waals surface area contributed by atoms with E-state index in [-0.39, 0.29) is 30.5 Å². The summed E-state index contributed by atoms with van der Waals surface area (Å²) in [6, 6.07) is 2.90. The highest BCUT2D eigenvalue weighted by atomic mass is 32.2. The van der Waals surface area contributed by atoms with Gasteiger partial charge in [-0.25, -0.2) is 8.78 Å². The maximum absolute atomic E-state index is 13.3. The van der Waals surface area contributed by atoms with Crippen LogP contribution >= 0.6 is 11.8 Å². The number of amidine groups is 1. The van der Waals surface area contributed by atoms with Crippen molar-refractivity contribution >= 4 is 34.4 Å². The zero-order valence-electron chi connectivity index (χ0n) is 11.5. The smallest absolute Gasteiger partial charge is 0.231 e. The highest BCUT2D eigenvalue weighted by molar-refractivity contribution is 8.14. The number of carbonyl (C=O) groups is 2. The topological polar surface area (TPSA) is 61.8 Å². The van der Waals surface area contributed by atoms with Crippen LogP contribution in [-0.2, 0) is 9.59 Å². The molecule has 3 rings (SSSR count). The van der Waals surface area contributed by atoms with Crippen LogP contribution in [0.15, 0.2) is 23.2 Å². The van der Waals surface area contributed by atoms with Gasteiger partial charge in [-0.05, 0) is 12.1 Å². The predicted molar refractivity (Wildman–Crippen MR) is 79.7 cm³/mol. The molecule has 1 atom stereocenters. The number of carbonyl (C=O) groups excluding carboxylic acids is 2. The Morgan fingerprint density at radius 2 is 2.05 bits per heavy atom. The van der Waals surface area contributed by atoms with Crippen LogP contribution in [0.2, 0.25) is 0 Å². The summed E-state index contributed by atoms with van der Waals surface area (Å²) in [4.78, 5) is 29.5. The summed E-state index contributed by atoms with van der Waals surface area (Å²) >= 11 is 1.45. The molecule has 1 fully saturated rings. The molecule has 22 heavy (non-hydrogen) atoms. The van der Waals surface area contributed by atoms with E-state index in [0.29, 0.717) is 11.7 Å². The maximum Gasteiger partial charge on any atom is 0.231 e. The Bertz CT molecular complexity index is 645. The van der Waals surface area contributed by atoms with Crippen LogP contribution in [0.3, 0.4) is 0 Å². The van der Waals surface area contributed by atoms with Gasteiger partial charge in [0.15, 0.2) is 5.17 Å². The largest absolute Gasteiger partial charge is 0.311 e. The Labute approximate surface area is 129 Å². The normalized spacial score (nSPS) is 21.2. The second kappa shape index (κ2) is 6.04. The third kappa shape index (κ3) is 3.11. The molecule has 5 nitrogen and oxygen atoms in total. The van der Waals surface area contributed by atoms with E-state index in [0.717, 1.165) is 24.0 Å². The number of aliphatic imine (C=N–C) groups is 1. The molecule has 0 spiro atoms. The monoisotopic (exact) mass is 325 g/mol. The fourth-order valence-corrected chi connectivity index (χ4v) is 3.18. The molecule has 0 aliphatic carbocycles. The number of halogens is 2. The van der Waals surface area contributed by atoms with Crippen molar-refractivity contribution in [1.29, 1.82) is 0 Å². The minimum atomic E-state index is -0.757. The second-order valence-electron chi connectivity index (χ2n) is 5.06. The lowest BCUT2D eigenvalue weighted by molar-refractivity contribution is -0.125. The van der Waals surface area contributed by atoms with Crippen molar-refractivity contribution in [3.8, 4) is 0 Å². The molecule has 0 saturated carbocycles. The van der Waals surface area contributed by atoms with E-state index in [1.807, 2.05) is 0 Å². The maximum atomic E-state index is 13.3. The van der Waals surface area contributed by atoms with Crippen LogP contribution in [0, 0.1) is 17.6 Å². The van der Waals surface area contributed by atoms with Crippen LogP contribution in [0.5, 0.6) is 0 Å². The van der Waals surface area contributed by atoms with Crippen molar-refractivity contribution in [3.63, 3.8) is 0 Å². The predicted octanol–water partition coefficient (Wildman–Crippen LogP) is 1.54. The van der Waals surface area contributed by atoms with Gasteiger partial charge in [0.2, 0.25) is 11.8 Å². The van der Waals surface area contributed by atoms with Crippen LogP contribution in [0.25, 0.3) is 0 Å². The second-order valence-corrected chi connectivity index (χ2v) is 6.14. The fourth-order valence-electron chi connectivity index (χ4n) is 2.45. The zero-order valence-corrected chi connectivity index (χ0v) is 12.3. The third-order valence-corrected chi connectivity index (χ3v) is 4.36. The van der Waals surface area contributed by atoms with E-state index in [1.165, 1.54) is 16.7 Å². The number of nitrogens with one attached hydrogen (secondary N) is 1. The number of rotatable bonds is 2. The van der Waals surface area contributed by atoms with Crippen LogP contribution in [0.1, 0.15) is 6.42 Å². The van der Waals surface area contributed by atoms with Crippen molar-refractivity contribution in [1.82, 2.24) is 5.32 Å². The van der Waals surface area contributed by atoms with Gasteiger partial charge >= 0.3 is 0 Å². The van der Waals surface area contributed by atoms with Gasteiger partial charge in [0, 0.05) is 30.5 Å². The SMILES string of the molecule is O=C(NC1=NCCS1)C1CC(=O)N(c2cc(F)cc(F)c2)C1.